The summed E-state index contributed by atoms with van der Waals surface area (Å²) in [6.45, 7) is 2.64. The zero-order valence-corrected chi connectivity index (χ0v) is 18.4. The van der Waals surface area contributed by atoms with E-state index < -0.39 is 5.97 Å². The first-order valence-electron chi connectivity index (χ1n) is 10.5. The molecule has 1 N–H and O–H groups in total. The molecule has 0 atom stereocenters. The molecule has 0 bridgehead atoms. The standard InChI is InChI=1S/C26H26N2O5/c1-20-5-4-7-24(17-20)31-16-15-28-25(29)19-33-26(30)13-10-21-8-11-23(12-9-21)32-18-22-6-2-3-14-27-22/h2-14,17H,15-16,18-19H2,1H3,(H,28,29). The van der Waals surface area contributed by atoms with Gasteiger partial charge in [0.05, 0.1) is 12.2 Å². The number of hydrogen-bond donors (Lipinski definition) is 1. The zero-order chi connectivity index (χ0) is 23.3. The Morgan fingerprint density at radius 3 is 2.58 bits per heavy atom. The first kappa shape index (κ1) is 23.5. The maximum atomic E-state index is 11.8. The van der Waals surface area contributed by atoms with E-state index in [9.17, 15) is 9.59 Å². The van der Waals surface area contributed by atoms with E-state index >= 15 is 0 Å². The third-order valence-electron chi connectivity index (χ3n) is 4.43. The number of pyridine rings is 1. The van der Waals surface area contributed by atoms with Crippen LogP contribution < -0.4 is 14.8 Å². The third-order valence-corrected chi connectivity index (χ3v) is 4.43. The highest BCUT2D eigenvalue weighted by Crippen LogP contribution is 2.15. The van der Waals surface area contributed by atoms with Gasteiger partial charge in [-0.05, 0) is 60.5 Å². The lowest BCUT2D eigenvalue weighted by atomic mass is 10.2. The highest BCUT2D eigenvalue weighted by molar-refractivity contribution is 5.89. The van der Waals surface area contributed by atoms with E-state index in [2.05, 4.69) is 10.3 Å². The molecule has 0 fully saturated rings. The summed E-state index contributed by atoms with van der Waals surface area (Å²) in [5.74, 6) is 0.452. The molecular weight excluding hydrogens is 420 g/mol. The summed E-state index contributed by atoms with van der Waals surface area (Å²) >= 11 is 0. The van der Waals surface area contributed by atoms with Gasteiger partial charge < -0.3 is 19.5 Å². The van der Waals surface area contributed by atoms with Gasteiger partial charge in [0.15, 0.2) is 6.61 Å². The van der Waals surface area contributed by atoms with Gasteiger partial charge in [-0.15, -0.1) is 0 Å². The quantitative estimate of drug-likeness (QED) is 0.274. The van der Waals surface area contributed by atoms with E-state index in [0.29, 0.717) is 25.5 Å². The predicted octanol–water partition coefficient (Wildman–Crippen LogP) is 3.72. The van der Waals surface area contributed by atoms with Crippen molar-refractivity contribution in [2.24, 2.45) is 0 Å². The summed E-state index contributed by atoms with van der Waals surface area (Å²) < 4.78 is 16.2. The van der Waals surface area contributed by atoms with Crippen LogP contribution in [-0.4, -0.2) is 36.6 Å². The molecule has 7 nitrogen and oxygen atoms in total. The first-order chi connectivity index (χ1) is 16.1. The Bertz CT molecular complexity index is 1070. The van der Waals surface area contributed by atoms with Gasteiger partial charge in [-0.3, -0.25) is 9.78 Å². The van der Waals surface area contributed by atoms with E-state index in [1.807, 2.05) is 61.5 Å². The van der Waals surface area contributed by atoms with Crippen molar-refractivity contribution in [1.82, 2.24) is 10.3 Å². The lowest BCUT2D eigenvalue weighted by Crippen LogP contribution is -2.31. The average Bonchev–Trinajstić information content (AvgIpc) is 2.84. The summed E-state index contributed by atoms with van der Waals surface area (Å²) in [5.41, 5.74) is 2.74. The van der Waals surface area contributed by atoms with E-state index in [0.717, 1.165) is 22.6 Å². The molecule has 7 heteroatoms. The van der Waals surface area contributed by atoms with Crippen molar-refractivity contribution in [1.29, 1.82) is 0 Å². The molecule has 0 radical (unpaired) electrons. The molecule has 1 amide bonds. The maximum absolute atomic E-state index is 11.8. The number of rotatable bonds is 11. The van der Waals surface area contributed by atoms with Crippen LogP contribution in [0.2, 0.25) is 0 Å². The van der Waals surface area contributed by atoms with Crippen LogP contribution in [0.25, 0.3) is 6.08 Å². The number of aryl methyl sites for hydroxylation is 1. The molecule has 0 aliphatic carbocycles. The average molecular weight is 447 g/mol. The summed E-state index contributed by atoms with van der Waals surface area (Å²) in [7, 11) is 0. The SMILES string of the molecule is Cc1cccc(OCCNC(=O)COC(=O)C=Cc2ccc(OCc3ccccn3)cc2)c1. The molecule has 3 rings (SSSR count). The molecule has 0 unspecified atom stereocenters. The normalized spacial score (nSPS) is 10.6. The summed E-state index contributed by atoms with van der Waals surface area (Å²) in [5, 5.41) is 2.64. The van der Waals surface area contributed by atoms with Gasteiger partial charge in [0.25, 0.3) is 5.91 Å². The van der Waals surface area contributed by atoms with Crippen LogP contribution >= 0.6 is 0 Å². The van der Waals surface area contributed by atoms with Crippen molar-refractivity contribution < 1.29 is 23.8 Å². The summed E-state index contributed by atoms with van der Waals surface area (Å²) in [6, 6.07) is 20.5. The molecule has 3 aromatic rings. The Hall–Kier alpha value is -4.13. The Labute approximate surface area is 193 Å². The fourth-order valence-electron chi connectivity index (χ4n) is 2.78. The maximum Gasteiger partial charge on any atom is 0.331 e. The molecular formula is C26H26N2O5. The first-order valence-corrected chi connectivity index (χ1v) is 10.5. The van der Waals surface area contributed by atoms with Gasteiger partial charge in [-0.2, -0.15) is 0 Å². The minimum absolute atomic E-state index is 0.314. The van der Waals surface area contributed by atoms with Crippen molar-refractivity contribution in [3.8, 4) is 11.5 Å². The number of benzene rings is 2. The number of carbonyl (C=O) groups excluding carboxylic acids is 2. The van der Waals surface area contributed by atoms with Crippen LogP contribution in [-0.2, 0) is 20.9 Å². The third kappa shape index (κ3) is 8.86. The van der Waals surface area contributed by atoms with Crippen molar-refractivity contribution in [2.45, 2.75) is 13.5 Å². The second kappa shape index (κ2) is 12.7. The number of amides is 1. The Balaban J connectivity index is 1.31. The van der Waals surface area contributed by atoms with Crippen LogP contribution in [0.3, 0.4) is 0 Å². The molecule has 1 heterocycles. The summed E-state index contributed by atoms with van der Waals surface area (Å²) in [4.78, 5) is 27.9. The molecule has 1 aromatic heterocycles. The van der Waals surface area contributed by atoms with E-state index in [1.165, 1.54) is 6.08 Å². The highest BCUT2D eigenvalue weighted by atomic mass is 16.5. The molecule has 170 valence electrons. The molecule has 0 saturated heterocycles. The van der Waals surface area contributed by atoms with Crippen LogP contribution in [0.4, 0.5) is 0 Å². The van der Waals surface area contributed by atoms with Crippen LogP contribution in [0.15, 0.2) is 79.0 Å². The number of nitrogens with one attached hydrogen (secondary N) is 1. The van der Waals surface area contributed by atoms with E-state index in [4.69, 9.17) is 14.2 Å². The molecule has 0 aliphatic heterocycles. The Morgan fingerprint density at radius 2 is 1.82 bits per heavy atom. The van der Waals surface area contributed by atoms with E-state index in [-0.39, 0.29) is 12.5 Å². The smallest absolute Gasteiger partial charge is 0.331 e. The second-order valence-corrected chi connectivity index (χ2v) is 7.13. The van der Waals surface area contributed by atoms with Crippen LogP contribution in [0, 0.1) is 6.92 Å². The Kier molecular flexibility index (Phi) is 9.03. The van der Waals surface area contributed by atoms with Crippen LogP contribution in [0.5, 0.6) is 11.5 Å². The topological polar surface area (TPSA) is 86.8 Å². The minimum Gasteiger partial charge on any atom is -0.492 e. The second-order valence-electron chi connectivity index (χ2n) is 7.13. The van der Waals surface area contributed by atoms with Crippen molar-refractivity contribution in [3.05, 3.63) is 95.8 Å². The molecule has 0 spiro atoms. The number of esters is 1. The highest BCUT2D eigenvalue weighted by Gasteiger charge is 2.05. The van der Waals surface area contributed by atoms with Crippen LogP contribution in [0.1, 0.15) is 16.8 Å². The molecule has 0 saturated carbocycles. The fourth-order valence-corrected chi connectivity index (χ4v) is 2.78. The number of hydrogen-bond acceptors (Lipinski definition) is 6. The lowest BCUT2D eigenvalue weighted by molar-refractivity contribution is -0.143. The number of ether oxygens (including phenoxy) is 3. The lowest BCUT2D eigenvalue weighted by Gasteiger charge is -2.08. The summed E-state index contributed by atoms with van der Waals surface area (Å²) in [6.07, 6.45) is 4.60. The monoisotopic (exact) mass is 446 g/mol. The number of aromatic nitrogens is 1. The van der Waals surface area contributed by atoms with Crippen molar-refractivity contribution >= 4 is 18.0 Å². The zero-order valence-electron chi connectivity index (χ0n) is 18.4. The van der Waals surface area contributed by atoms with Gasteiger partial charge in [0.1, 0.15) is 24.7 Å². The number of nitrogens with zero attached hydrogens (tertiary/aromatic N) is 1. The number of carbonyl (C=O) groups is 2. The van der Waals surface area contributed by atoms with Gasteiger partial charge in [0.2, 0.25) is 0 Å². The van der Waals surface area contributed by atoms with Gasteiger partial charge in [-0.1, -0.05) is 30.3 Å². The largest absolute Gasteiger partial charge is 0.492 e. The molecule has 33 heavy (non-hydrogen) atoms. The van der Waals surface area contributed by atoms with Gasteiger partial charge >= 0.3 is 5.97 Å². The van der Waals surface area contributed by atoms with E-state index in [1.54, 1.807) is 24.4 Å². The van der Waals surface area contributed by atoms with Gasteiger partial charge in [-0.25, -0.2) is 4.79 Å². The Morgan fingerprint density at radius 1 is 0.970 bits per heavy atom. The van der Waals surface area contributed by atoms with Gasteiger partial charge in [0, 0.05) is 12.3 Å². The molecule has 0 aliphatic rings. The fraction of sp³-hybridized carbons (Fsp3) is 0.192. The predicted molar refractivity (Wildman–Crippen MR) is 125 cm³/mol. The van der Waals surface area contributed by atoms with Crippen molar-refractivity contribution in [3.63, 3.8) is 0 Å². The molecule has 2 aromatic carbocycles. The minimum atomic E-state index is -0.600. The van der Waals surface area contributed by atoms with Crippen molar-refractivity contribution in [2.75, 3.05) is 19.8 Å².